The Labute approximate surface area is 122 Å². The van der Waals surface area contributed by atoms with Crippen molar-refractivity contribution < 1.29 is 5.11 Å². The van der Waals surface area contributed by atoms with Crippen LogP contribution in [0.25, 0.3) is 10.2 Å². The molecule has 1 unspecified atom stereocenters. The quantitative estimate of drug-likeness (QED) is 0.481. The van der Waals surface area contributed by atoms with Gasteiger partial charge in [-0.15, -0.1) is 11.3 Å². The first-order valence-corrected chi connectivity index (χ1v) is 7.54. The molecule has 6 nitrogen and oxygen atoms in total. The van der Waals surface area contributed by atoms with Gasteiger partial charge in [-0.25, -0.2) is 10.8 Å². The number of nitrogens with two attached hydrogens (primary N) is 1. The van der Waals surface area contributed by atoms with Gasteiger partial charge in [-0.3, -0.25) is 5.43 Å². The maximum absolute atomic E-state index is 10.1. The van der Waals surface area contributed by atoms with Crippen molar-refractivity contribution in [3.8, 4) is 0 Å². The lowest BCUT2D eigenvalue weighted by Gasteiger charge is -2.22. The lowest BCUT2D eigenvalue weighted by atomic mass is 10.0. The second-order valence-electron chi connectivity index (χ2n) is 5.03. The van der Waals surface area contributed by atoms with Gasteiger partial charge >= 0.3 is 0 Å². The molecule has 0 fully saturated rings. The molecule has 2 rings (SSSR count). The Balaban J connectivity index is 2.36. The van der Waals surface area contributed by atoms with Crippen molar-refractivity contribution in [2.75, 3.05) is 17.3 Å². The van der Waals surface area contributed by atoms with Gasteiger partial charge in [-0.2, -0.15) is 4.98 Å². The first-order chi connectivity index (χ1) is 9.49. The molecule has 0 aliphatic heterocycles. The zero-order valence-corrected chi connectivity index (χ0v) is 12.8. The van der Waals surface area contributed by atoms with Crippen LogP contribution in [-0.4, -0.2) is 27.2 Å². The number of hydrogen-bond acceptors (Lipinski definition) is 7. The van der Waals surface area contributed by atoms with Gasteiger partial charge < -0.3 is 10.4 Å². The van der Waals surface area contributed by atoms with Crippen LogP contribution in [0.3, 0.4) is 0 Å². The molecule has 7 heteroatoms. The summed E-state index contributed by atoms with van der Waals surface area (Å²) in [5.74, 6) is 6.49. The SMILES string of the molecule is CCc1cc2c(NCC(C)(O)CC)nc(NN)nc2s1. The van der Waals surface area contributed by atoms with Crippen LogP contribution in [0.2, 0.25) is 0 Å². The van der Waals surface area contributed by atoms with Gasteiger partial charge in [-0.05, 0) is 25.8 Å². The fraction of sp³-hybridized carbons (Fsp3) is 0.538. The van der Waals surface area contributed by atoms with Gasteiger partial charge in [0.1, 0.15) is 10.6 Å². The molecule has 0 saturated carbocycles. The summed E-state index contributed by atoms with van der Waals surface area (Å²) in [5, 5.41) is 14.3. The number of nitrogens with one attached hydrogen (secondary N) is 2. The predicted octanol–water partition coefficient (Wildman–Crippen LogP) is 2.11. The summed E-state index contributed by atoms with van der Waals surface area (Å²) in [6.45, 7) is 6.28. The third-order valence-electron chi connectivity index (χ3n) is 3.32. The van der Waals surface area contributed by atoms with Crippen LogP contribution in [-0.2, 0) is 6.42 Å². The highest BCUT2D eigenvalue weighted by molar-refractivity contribution is 7.18. The van der Waals surface area contributed by atoms with Gasteiger partial charge in [0.15, 0.2) is 0 Å². The Morgan fingerprint density at radius 3 is 2.75 bits per heavy atom. The Morgan fingerprint density at radius 2 is 2.15 bits per heavy atom. The number of aryl methyl sites for hydroxylation is 1. The van der Waals surface area contributed by atoms with Gasteiger partial charge in [0.25, 0.3) is 0 Å². The summed E-state index contributed by atoms with van der Waals surface area (Å²) < 4.78 is 0. The number of anilines is 2. The first kappa shape index (κ1) is 15.0. The summed E-state index contributed by atoms with van der Waals surface area (Å²) in [7, 11) is 0. The van der Waals surface area contributed by atoms with E-state index in [1.807, 2.05) is 6.92 Å². The van der Waals surface area contributed by atoms with Gasteiger partial charge in [0.2, 0.25) is 5.95 Å². The average molecular weight is 295 g/mol. The van der Waals surface area contributed by atoms with Crippen LogP contribution < -0.4 is 16.6 Å². The maximum Gasteiger partial charge on any atom is 0.240 e. The van der Waals surface area contributed by atoms with Crippen LogP contribution in [0.5, 0.6) is 0 Å². The van der Waals surface area contributed by atoms with Gasteiger partial charge in [0.05, 0.1) is 11.0 Å². The fourth-order valence-electron chi connectivity index (χ4n) is 1.74. The average Bonchev–Trinajstić information content (AvgIpc) is 2.87. The van der Waals surface area contributed by atoms with Crippen molar-refractivity contribution >= 4 is 33.3 Å². The molecule has 0 aromatic carbocycles. The smallest absolute Gasteiger partial charge is 0.240 e. The summed E-state index contributed by atoms with van der Waals surface area (Å²) in [6, 6.07) is 2.09. The maximum atomic E-state index is 10.1. The molecule has 1 atom stereocenters. The standard InChI is InChI=1S/C13H21N5OS/c1-4-8-6-9-10(15-7-13(3,19)5-2)16-12(18-14)17-11(9)20-8/h6,19H,4-5,7,14H2,1-3H3,(H2,15,16,17,18). The zero-order chi connectivity index (χ0) is 14.8. The normalized spacial score (nSPS) is 14.2. The number of thiophene rings is 1. The number of nitrogen functional groups attached to an aromatic ring is 1. The van der Waals surface area contributed by atoms with E-state index in [-0.39, 0.29) is 0 Å². The second-order valence-corrected chi connectivity index (χ2v) is 6.14. The molecule has 0 aliphatic carbocycles. The van der Waals surface area contributed by atoms with Crippen LogP contribution in [0.15, 0.2) is 6.07 Å². The number of aliphatic hydroxyl groups is 1. The predicted molar refractivity (Wildman–Crippen MR) is 84.0 cm³/mol. The molecule has 2 heterocycles. The Hall–Kier alpha value is -1.44. The van der Waals surface area contributed by atoms with E-state index in [0.29, 0.717) is 24.7 Å². The van der Waals surface area contributed by atoms with Crippen molar-refractivity contribution in [1.29, 1.82) is 0 Å². The molecule has 2 aromatic rings. The number of hydrogen-bond donors (Lipinski definition) is 4. The topological polar surface area (TPSA) is 96.1 Å². The molecule has 0 spiro atoms. The summed E-state index contributed by atoms with van der Waals surface area (Å²) in [5.41, 5.74) is 1.71. The third-order valence-corrected chi connectivity index (χ3v) is 4.49. The number of aromatic nitrogens is 2. The monoisotopic (exact) mass is 295 g/mol. The number of rotatable bonds is 6. The molecule has 2 aromatic heterocycles. The minimum absolute atomic E-state index is 0.376. The molecule has 0 bridgehead atoms. The zero-order valence-electron chi connectivity index (χ0n) is 12.0. The van der Waals surface area contributed by atoms with Crippen LogP contribution >= 0.6 is 11.3 Å². The fourth-order valence-corrected chi connectivity index (χ4v) is 2.71. The lowest BCUT2D eigenvalue weighted by Crippen LogP contribution is -2.32. The first-order valence-electron chi connectivity index (χ1n) is 6.72. The Kier molecular flexibility index (Phi) is 4.42. The highest BCUT2D eigenvalue weighted by Crippen LogP contribution is 2.30. The van der Waals surface area contributed by atoms with Crippen molar-refractivity contribution in [1.82, 2.24) is 9.97 Å². The van der Waals surface area contributed by atoms with E-state index in [4.69, 9.17) is 5.84 Å². The molecule has 0 aliphatic rings. The summed E-state index contributed by atoms with van der Waals surface area (Å²) in [4.78, 5) is 10.8. The van der Waals surface area contributed by atoms with Crippen LogP contribution in [0, 0.1) is 0 Å². The highest BCUT2D eigenvalue weighted by Gasteiger charge is 2.19. The highest BCUT2D eigenvalue weighted by atomic mass is 32.1. The molecular formula is C13H21N5OS. The number of fused-ring (bicyclic) bond motifs is 1. The van der Waals surface area contributed by atoms with E-state index in [1.54, 1.807) is 18.3 Å². The largest absolute Gasteiger partial charge is 0.388 e. The molecule has 5 N–H and O–H groups in total. The van der Waals surface area contributed by atoms with E-state index in [0.717, 1.165) is 16.6 Å². The minimum Gasteiger partial charge on any atom is -0.388 e. The van der Waals surface area contributed by atoms with E-state index >= 15 is 0 Å². The van der Waals surface area contributed by atoms with Gasteiger partial charge in [-0.1, -0.05) is 13.8 Å². The van der Waals surface area contributed by atoms with E-state index in [1.165, 1.54) is 4.88 Å². The van der Waals surface area contributed by atoms with Crippen LogP contribution in [0.4, 0.5) is 11.8 Å². The Morgan fingerprint density at radius 1 is 1.40 bits per heavy atom. The molecule has 0 amide bonds. The second kappa shape index (κ2) is 5.90. The summed E-state index contributed by atoms with van der Waals surface area (Å²) >= 11 is 1.63. The van der Waals surface area contributed by atoms with Crippen molar-refractivity contribution in [3.63, 3.8) is 0 Å². The molecular weight excluding hydrogens is 274 g/mol. The van der Waals surface area contributed by atoms with Crippen molar-refractivity contribution in [2.24, 2.45) is 5.84 Å². The minimum atomic E-state index is -0.767. The Bertz CT molecular complexity index is 596. The molecule has 20 heavy (non-hydrogen) atoms. The van der Waals surface area contributed by atoms with Gasteiger partial charge in [0, 0.05) is 11.4 Å². The summed E-state index contributed by atoms with van der Waals surface area (Å²) in [6.07, 6.45) is 1.62. The third kappa shape index (κ3) is 3.17. The van der Waals surface area contributed by atoms with E-state index in [9.17, 15) is 5.11 Å². The number of hydrazine groups is 1. The van der Waals surface area contributed by atoms with Crippen molar-refractivity contribution in [3.05, 3.63) is 10.9 Å². The lowest BCUT2D eigenvalue weighted by molar-refractivity contribution is 0.0697. The molecule has 0 radical (unpaired) electrons. The molecule has 0 saturated heterocycles. The van der Waals surface area contributed by atoms with E-state index in [2.05, 4.69) is 33.7 Å². The molecule has 110 valence electrons. The van der Waals surface area contributed by atoms with Crippen LogP contribution in [0.1, 0.15) is 32.1 Å². The van der Waals surface area contributed by atoms with E-state index < -0.39 is 5.60 Å². The van der Waals surface area contributed by atoms with Crippen molar-refractivity contribution in [2.45, 2.75) is 39.2 Å². The number of nitrogens with zero attached hydrogens (tertiary/aromatic N) is 2.